The molecule has 24 heavy (non-hydrogen) atoms. The van der Waals surface area contributed by atoms with Crippen LogP contribution in [0.1, 0.15) is 35.5 Å². The molecule has 0 spiro atoms. The van der Waals surface area contributed by atoms with Crippen LogP contribution in [-0.4, -0.2) is 20.5 Å². The molecule has 3 rings (SSSR count). The van der Waals surface area contributed by atoms with E-state index in [1.165, 1.54) is 0 Å². The third kappa shape index (κ3) is 3.62. The lowest BCUT2D eigenvalue weighted by Crippen LogP contribution is -2.23. The molecule has 1 amide bonds. The van der Waals surface area contributed by atoms with E-state index in [4.69, 9.17) is 0 Å². The van der Waals surface area contributed by atoms with Crippen molar-refractivity contribution in [3.8, 4) is 0 Å². The van der Waals surface area contributed by atoms with Gasteiger partial charge in [-0.1, -0.05) is 32.0 Å². The van der Waals surface area contributed by atoms with Gasteiger partial charge in [-0.25, -0.2) is 4.98 Å². The molecule has 0 aliphatic heterocycles. The molecule has 0 atom stereocenters. The standard InChI is InChI=1S/C19H21N3OS/c1-13(2)24-17-9-5-4-8-16(17)19(23)20-11-15-12-22-10-6-7-14(3)18(22)21-15/h4-10,12-13H,11H2,1-3H3,(H,20,23). The zero-order valence-corrected chi connectivity index (χ0v) is 14.9. The number of aromatic nitrogens is 2. The second kappa shape index (κ2) is 7.09. The molecule has 2 aromatic heterocycles. The first-order valence-corrected chi connectivity index (χ1v) is 8.89. The first-order chi connectivity index (χ1) is 11.5. The van der Waals surface area contributed by atoms with Gasteiger partial charge in [0.05, 0.1) is 17.8 Å². The molecule has 0 fully saturated rings. The van der Waals surface area contributed by atoms with Crippen LogP contribution in [0.25, 0.3) is 5.65 Å². The molecular weight excluding hydrogens is 318 g/mol. The van der Waals surface area contributed by atoms with E-state index in [-0.39, 0.29) is 5.91 Å². The van der Waals surface area contributed by atoms with E-state index >= 15 is 0 Å². The highest BCUT2D eigenvalue weighted by Crippen LogP contribution is 2.26. The summed E-state index contributed by atoms with van der Waals surface area (Å²) in [7, 11) is 0. The topological polar surface area (TPSA) is 46.4 Å². The normalized spacial score (nSPS) is 11.2. The number of nitrogens with one attached hydrogen (secondary N) is 1. The fraction of sp³-hybridized carbons (Fsp3) is 0.263. The molecule has 5 heteroatoms. The number of hydrogen-bond acceptors (Lipinski definition) is 3. The first-order valence-electron chi connectivity index (χ1n) is 8.01. The van der Waals surface area contributed by atoms with Gasteiger partial charge in [-0.3, -0.25) is 4.79 Å². The van der Waals surface area contributed by atoms with Gasteiger partial charge < -0.3 is 9.72 Å². The number of amides is 1. The van der Waals surface area contributed by atoms with Gasteiger partial charge in [0.25, 0.3) is 5.91 Å². The maximum atomic E-state index is 12.5. The molecule has 2 heterocycles. The molecule has 0 radical (unpaired) electrons. The lowest BCUT2D eigenvalue weighted by molar-refractivity contribution is 0.0947. The van der Waals surface area contributed by atoms with Crippen molar-refractivity contribution in [1.29, 1.82) is 0 Å². The maximum Gasteiger partial charge on any atom is 0.252 e. The highest BCUT2D eigenvalue weighted by Gasteiger charge is 2.13. The van der Waals surface area contributed by atoms with Crippen molar-refractivity contribution < 1.29 is 4.79 Å². The van der Waals surface area contributed by atoms with Gasteiger partial charge in [0.15, 0.2) is 0 Å². The number of carbonyl (C=O) groups excluding carboxylic acids is 1. The monoisotopic (exact) mass is 339 g/mol. The minimum Gasteiger partial charge on any atom is -0.346 e. The first kappa shape index (κ1) is 16.6. The molecule has 124 valence electrons. The van der Waals surface area contributed by atoms with Gasteiger partial charge in [-0.2, -0.15) is 0 Å². The van der Waals surface area contributed by atoms with E-state index < -0.39 is 0 Å². The van der Waals surface area contributed by atoms with Gasteiger partial charge >= 0.3 is 0 Å². The number of carbonyl (C=O) groups is 1. The molecule has 1 aromatic carbocycles. The number of hydrogen-bond donors (Lipinski definition) is 1. The number of aryl methyl sites for hydroxylation is 1. The number of pyridine rings is 1. The van der Waals surface area contributed by atoms with Crippen molar-refractivity contribution in [2.24, 2.45) is 0 Å². The number of rotatable bonds is 5. The molecule has 1 N–H and O–H groups in total. The molecule has 0 aliphatic rings. The van der Waals surface area contributed by atoms with Crippen molar-refractivity contribution in [2.45, 2.75) is 37.5 Å². The maximum absolute atomic E-state index is 12.5. The molecular formula is C19H21N3OS. The van der Waals surface area contributed by atoms with Crippen LogP contribution < -0.4 is 5.32 Å². The summed E-state index contributed by atoms with van der Waals surface area (Å²) in [6.45, 7) is 6.70. The zero-order valence-electron chi connectivity index (χ0n) is 14.1. The molecule has 4 nitrogen and oxygen atoms in total. The summed E-state index contributed by atoms with van der Waals surface area (Å²) in [5.41, 5.74) is 3.62. The van der Waals surface area contributed by atoms with E-state index in [0.717, 1.165) is 27.4 Å². The zero-order chi connectivity index (χ0) is 17.1. The smallest absolute Gasteiger partial charge is 0.252 e. The number of fused-ring (bicyclic) bond motifs is 1. The van der Waals surface area contributed by atoms with E-state index in [1.54, 1.807) is 11.8 Å². The number of benzene rings is 1. The Balaban J connectivity index is 1.74. The third-order valence-corrected chi connectivity index (χ3v) is 4.73. The van der Waals surface area contributed by atoms with Crippen LogP contribution in [0.4, 0.5) is 0 Å². The van der Waals surface area contributed by atoms with Crippen LogP contribution in [0.3, 0.4) is 0 Å². The van der Waals surface area contributed by atoms with Gasteiger partial charge in [0, 0.05) is 22.5 Å². The van der Waals surface area contributed by atoms with Crippen molar-refractivity contribution in [1.82, 2.24) is 14.7 Å². The van der Waals surface area contributed by atoms with Crippen molar-refractivity contribution in [3.05, 3.63) is 65.6 Å². The van der Waals surface area contributed by atoms with Crippen LogP contribution in [0.2, 0.25) is 0 Å². The van der Waals surface area contributed by atoms with Crippen LogP contribution in [0.15, 0.2) is 53.7 Å². The summed E-state index contributed by atoms with van der Waals surface area (Å²) >= 11 is 1.70. The Morgan fingerprint density at radius 1 is 1.25 bits per heavy atom. The predicted molar refractivity (Wildman–Crippen MR) is 98.5 cm³/mol. The van der Waals surface area contributed by atoms with Gasteiger partial charge in [0.1, 0.15) is 5.65 Å². The van der Waals surface area contributed by atoms with Crippen LogP contribution in [0, 0.1) is 6.92 Å². The van der Waals surface area contributed by atoms with Crippen molar-refractivity contribution >= 4 is 23.3 Å². The Kier molecular flexibility index (Phi) is 4.90. The van der Waals surface area contributed by atoms with Crippen LogP contribution >= 0.6 is 11.8 Å². The van der Waals surface area contributed by atoms with Gasteiger partial charge in [0.2, 0.25) is 0 Å². The van der Waals surface area contributed by atoms with Crippen molar-refractivity contribution in [2.75, 3.05) is 0 Å². The van der Waals surface area contributed by atoms with Gasteiger partial charge in [-0.05, 0) is 30.7 Å². The van der Waals surface area contributed by atoms with Gasteiger partial charge in [-0.15, -0.1) is 11.8 Å². The summed E-state index contributed by atoms with van der Waals surface area (Å²) in [6.07, 6.45) is 3.92. The number of nitrogens with zero attached hydrogens (tertiary/aromatic N) is 2. The lowest BCUT2D eigenvalue weighted by Gasteiger charge is -2.10. The molecule has 0 saturated carbocycles. The summed E-state index contributed by atoms with van der Waals surface area (Å²) < 4.78 is 1.99. The summed E-state index contributed by atoms with van der Waals surface area (Å²) in [5.74, 6) is -0.0625. The Morgan fingerprint density at radius 2 is 2.04 bits per heavy atom. The fourth-order valence-corrected chi connectivity index (χ4v) is 3.52. The highest BCUT2D eigenvalue weighted by molar-refractivity contribution is 8.00. The molecule has 0 aliphatic carbocycles. The minimum atomic E-state index is -0.0625. The predicted octanol–water partition coefficient (Wildman–Crippen LogP) is 4.07. The fourth-order valence-electron chi connectivity index (χ4n) is 2.57. The number of thioether (sulfide) groups is 1. The minimum absolute atomic E-state index is 0.0625. The van der Waals surface area contributed by atoms with E-state index in [0.29, 0.717) is 11.8 Å². The Bertz CT molecular complexity index is 870. The van der Waals surface area contributed by atoms with E-state index in [1.807, 2.05) is 60.1 Å². The molecule has 0 saturated heterocycles. The number of imidazole rings is 1. The lowest BCUT2D eigenvalue weighted by atomic mass is 10.2. The van der Waals surface area contributed by atoms with Crippen LogP contribution in [0.5, 0.6) is 0 Å². The van der Waals surface area contributed by atoms with E-state index in [9.17, 15) is 4.79 Å². The Hall–Kier alpha value is -2.27. The van der Waals surface area contributed by atoms with E-state index in [2.05, 4.69) is 24.1 Å². The third-order valence-electron chi connectivity index (χ3n) is 3.65. The average molecular weight is 339 g/mol. The summed E-state index contributed by atoms with van der Waals surface area (Å²) in [6, 6.07) is 11.7. The summed E-state index contributed by atoms with van der Waals surface area (Å²) in [5, 5.41) is 3.41. The largest absolute Gasteiger partial charge is 0.346 e. The van der Waals surface area contributed by atoms with Crippen molar-refractivity contribution in [3.63, 3.8) is 0 Å². The summed E-state index contributed by atoms with van der Waals surface area (Å²) in [4.78, 5) is 18.1. The Morgan fingerprint density at radius 3 is 2.79 bits per heavy atom. The SMILES string of the molecule is Cc1cccn2cc(CNC(=O)c3ccccc3SC(C)C)nc12. The Labute approximate surface area is 146 Å². The molecule has 0 bridgehead atoms. The second-order valence-electron chi connectivity index (χ2n) is 6.00. The van der Waals surface area contributed by atoms with Crippen LogP contribution in [-0.2, 0) is 6.54 Å². The molecule has 0 unspecified atom stereocenters. The quantitative estimate of drug-likeness (QED) is 0.713. The second-order valence-corrected chi connectivity index (χ2v) is 7.62. The molecule has 3 aromatic rings. The highest BCUT2D eigenvalue weighted by atomic mass is 32.2. The average Bonchev–Trinajstić information content (AvgIpc) is 2.97.